The average molecular weight is 475 g/mol. The van der Waals surface area contributed by atoms with Crippen LogP contribution in [-0.2, 0) is 28.1 Å². The second-order valence-corrected chi connectivity index (χ2v) is 10.3. The summed E-state index contributed by atoms with van der Waals surface area (Å²) in [4.78, 5) is 44.6. The van der Waals surface area contributed by atoms with Crippen LogP contribution < -0.4 is 5.32 Å². The van der Waals surface area contributed by atoms with Gasteiger partial charge in [0.05, 0.1) is 0 Å². The number of aryl methyl sites for hydroxylation is 1. The molecule has 0 saturated carbocycles. The molecule has 3 aliphatic rings. The van der Waals surface area contributed by atoms with Gasteiger partial charge in [0, 0.05) is 32.7 Å². The highest BCUT2D eigenvalue weighted by Crippen LogP contribution is 2.39. The largest absolute Gasteiger partial charge is 0.339 e. The lowest BCUT2D eigenvalue weighted by Crippen LogP contribution is -2.52. The van der Waals surface area contributed by atoms with Crippen molar-refractivity contribution in [2.24, 2.45) is 0 Å². The van der Waals surface area contributed by atoms with Gasteiger partial charge in [0.25, 0.3) is 5.91 Å². The molecule has 5 rings (SSSR count). The number of amides is 4. The first-order chi connectivity index (χ1) is 16.9. The lowest BCUT2D eigenvalue weighted by Gasteiger charge is -2.35. The number of hydrogen-bond acceptors (Lipinski definition) is 4. The second kappa shape index (κ2) is 9.46. The van der Waals surface area contributed by atoms with Crippen molar-refractivity contribution in [1.29, 1.82) is 0 Å². The topological polar surface area (TPSA) is 73.0 Å². The zero-order valence-corrected chi connectivity index (χ0v) is 20.6. The number of fused-ring (bicyclic) bond motifs is 2. The molecule has 0 aromatic heterocycles. The molecule has 7 nitrogen and oxygen atoms in total. The molecular weight excluding hydrogens is 440 g/mol. The van der Waals surface area contributed by atoms with Gasteiger partial charge < -0.3 is 10.2 Å². The number of imide groups is 1. The van der Waals surface area contributed by atoms with Gasteiger partial charge >= 0.3 is 6.03 Å². The first-order valence-electron chi connectivity index (χ1n) is 12.7. The van der Waals surface area contributed by atoms with E-state index < -0.39 is 11.6 Å². The number of nitrogens with zero attached hydrogens (tertiary/aromatic N) is 3. The Kier molecular flexibility index (Phi) is 6.36. The zero-order chi connectivity index (χ0) is 24.6. The van der Waals surface area contributed by atoms with Gasteiger partial charge in [-0.1, -0.05) is 62.4 Å². The van der Waals surface area contributed by atoms with E-state index >= 15 is 0 Å². The van der Waals surface area contributed by atoms with Crippen LogP contribution in [-0.4, -0.2) is 65.3 Å². The Labute approximate surface area is 207 Å². The van der Waals surface area contributed by atoms with E-state index in [9.17, 15) is 14.4 Å². The van der Waals surface area contributed by atoms with E-state index in [1.165, 1.54) is 11.1 Å². The van der Waals surface area contributed by atoms with E-state index in [0.717, 1.165) is 48.5 Å². The summed E-state index contributed by atoms with van der Waals surface area (Å²) in [6.07, 6.45) is 2.29. The van der Waals surface area contributed by atoms with Crippen LogP contribution in [0.2, 0.25) is 0 Å². The molecule has 1 atom stereocenters. The molecule has 2 fully saturated rings. The third-order valence-electron chi connectivity index (χ3n) is 7.72. The molecule has 35 heavy (non-hydrogen) atoms. The Morgan fingerprint density at radius 3 is 2.43 bits per heavy atom. The molecule has 1 N–H and O–H groups in total. The third-order valence-corrected chi connectivity index (χ3v) is 7.72. The second-order valence-electron chi connectivity index (χ2n) is 10.3. The Bertz CT molecular complexity index is 1120. The molecule has 2 aromatic rings. The maximum atomic E-state index is 13.5. The van der Waals surface area contributed by atoms with Crippen molar-refractivity contribution in [1.82, 2.24) is 20.0 Å². The molecule has 1 aliphatic carbocycles. The summed E-state index contributed by atoms with van der Waals surface area (Å²) in [5.41, 5.74) is 3.54. The lowest BCUT2D eigenvalue weighted by atomic mass is 9.76. The average Bonchev–Trinajstić information content (AvgIpc) is 3.09. The lowest BCUT2D eigenvalue weighted by molar-refractivity contribution is -0.140. The van der Waals surface area contributed by atoms with E-state index in [1.807, 2.05) is 24.3 Å². The van der Waals surface area contributed by atoms with Gasteiger partial charge in [0.2, 0.25) is 5.91 Å². The highest BCUT2D eigenvalue weighted by Gasteiger charge is 2.54. The van der Waals surface area contributed by atoms with Crippen LogP contribution in [0.5, 0.6) is 0 Å². The van der Waals surface area contributed by atoms with Gasteiger partial charge in [-0.3, -0.25) is 19.4 Å². The van der Waals surface area contributed by atoms with E-state index in [2.05, 4.69) is 48.3 Å². The van der Waals surface area contributed by atoms with E-state index in [0.29, 0.717) is 25.4 Å². The summed E-state index contributed by atoms with van der Waals surface area (Å²) in [7, 11) is 0. The van der Waals surface area contributed by atoms with Gasteiger partial charge in [-0.15, -0.1) is 0 Å². The number of hydrogen-bond donors (Lipinski definition) is 1. The minimum atomic E-state index is -1.03. The Hall–Kier alpha value is -3.19. The number of rotatable bonds is 5. The molecule has 0 radical (unpaired) electrons. The maximum Gasteiger partial charge on any atom is 0.325 e. The first-order valence-corrected chi connectivity index (χ1v) is 12.7. The summed E-state index contributed by atoms with van der Waals surface area (Å²) in [5, 5.41) is 2.94. The number of urea groups is 1. The van der Waals surface area contributed by atoms with Crippen molar-refractivity contribution in [2.75, 3.05) is 32.7 Å². The van der Waals surface area contributed by atoms with Crippen LogP contribution in [0.25, 0.3) is 0 Å². The fourth-order valence-corrected chi connectivity index (χ4v) is 5.61. The van der Waals surface area contributed by atoms with Crippen molar-refractivity contribution in [3.05, 3.63) is 70.8 Å². The normalized spacial score (nSPS) is 22.6. The Morgan fingerprint density at radius 2 is 1.71 bits per heavy atom. The van der Waals surface area contributed by atoms with Crippen LogP contribution in [0.1, 0.15) is 54.9 Å². The van der Waals surface area contributed by atoms with Crippen molar-refractivity contribution in [3.63, 3.8) is 0 Å². The van der Waals surface area contributed by atoms with Crippen LogP contribution in [0.3, 0.4) is 0 Å². The first kappa shape index (κ1) is 23.5. The van der Waals surface area contributed by atoms with E-state index in [4.69, 9.17) is 0 Å². The molecule has 1 unspecified atom stereocenters. The molecule has 2 saturated heterocycles. The number of carbonyl (C=O) groups excluding carboxylic acids is 3. The fraction of sp³-hybridized carbons (Fsp3) is 0.464. The van der Waals surface area contributed by atoms with E-state index in [-0.39, 0.29) is 18.4 Å². The van der Waals surface area contributed by atoms with Crippen LogP contribution in [0, 0.1) is 0 Å². The monoisotopic (exact) mass is 474 g/mol. The van der Waals surface area contributed by atoms with Crippen LogP contribution in [0.15, 0.2) is 48.5 Å². The molecule has 1 spiro atoms. The number of benzene rings is 2. The Morgan fingerprint density at radius 1 is 1.00 bits per heavy atom. The number of carbonyl (C=O) groups is 3. The van der Waals surface area contributed by atoms with Crippen molar-refractivity contribution >= 4 is 17.8 Å². The minimum Gasteiger partial charge on any atom is -0.339 e. The molecule has 0 bridgehead atoms. The van der Waals surface area contributed by atoms with Crippen LogP contribution in [0.4, 0.5) is 4.79 Å². The van der Waals surface area contributed by atoms with Crippen molar-refractivity contribution in [3.8, 4) is 0 Å². The highest BCUT2D eigenvalue weighted by atomic mass is 16.2. The minimum absolute atomic E-state index is 0.171. The summed E-state index contributed by atoms with van der Waals surface area (Å²) in [6, 6.07) is 16.1. The van der Waals surface area contributed by atoms with Gasteiger partial charge in [-0.25, -0.2) is 4.79 Å². The standard InChI is InChI=1S/C28H34N4O3/c1-20(2)22-11-9-21(10-12-22)18-30-14-16-31(17-15-30)25(33)19-32-26(34)28(29-27(32)35)13-5-7-23-6-3-4-8-24(23)28/h3-4,6,8-12,20H,5,7,13-19H2,1-2H3,(H,29,35). The fourth-order valence-electron chi connectivity index (χ4n) is 5.61. The van der Waals surface area contributed by atoms with Crippen molar-refractivity contribution in [2.45, 2.75) is 51.1 Å². The Balaban J connectivity index is 1.18. The molecule has 7 heteroatoms. The molecule has 184 valence electrons. The highest BCUT2D eigenvalue weighted by molar-refractivity contribution is 6.09. The van der Waals surface area contributed by atoms with E-state index in [1.54, 1.807) is 4.90 Å². The molecular formula is C28H34N4O3. The number of piperazine rings is 1. The summed E-state index contributed by atoms with van der Waals surface area (Å²) >= 11 is 0. The molecule has 2 aromatic carbocycles. The van der Waals surface area contributed by atoms with Gasteiger partial charge in [-0.05, 0) is 47.4 Å². The SMILES string of the molecule is CC(C)c1ccc(CN2CCN(C(=O)CN3C(=O)NC4(CCCc5ccccc54)C3=O)CC2)cc1. The maximum absolute atomic E-state index is 13.5. The molecule has 2 aliphatic heterocycles. The number of nitrogens with one attached hydrogen (secondary N) is 1. The van der Waals surface area contributed by atoms with Gasteiger partial charge in [-0.2, -0.15) is 0 Å². The van der Waals surface area contributed by atoms with Gasteiger partial charge in [0.15, 0.2) is 0 Å². The third kappa shape index (κ3) is 4.45. The molecule has 4 amide bonds. The van der Waals surface area contributed by atoms with Gasteiger partial charge in [0.1, 0.15) is 12.1 Å². The summed E-state index contributed by atoms with van der Waals surface area (Å²) < 4.78 is 0. The quantitative estimate of drug-likeness (QED) is 0.676. The predicted octanol–water partition coefficient (Wildman–Crippen LogP) is 3.24. The summed E-state index contributed by atoms with van der Waals surface area (Å²) in [5.74, 6) is 0.0491. The smallest absolute Gasteiger partial charge is 0.325 e. The predicted molar refractivity (Wildman–Crippen MR) is 134 cm³/mol. The molecule has 2 heterocycles. The summed E-state index contributed by atoms with van der Waals surface area (Å²) in [6.45, 7) is 7.78. The zero-order valence-electron chi connectivity index (χ0n) is 20.6. The van der Waals surface area contributed by atoms with Crippen molar-refractivity contribution < 1.29 is 14.4 Å². The van der Waals surface area contributed by atoms with Crippen LogP contribution >= 0.6 is 0 Å².